The molecule has 2 aromatic heterocycles. The van der Waals surface area contributed by atoms with E-state index in [4.69, 9.17) is 28.2 Å². The maximum atomic E-state index is 14.3. The molecule has 0 spiro atoms. The van der Waals surface area contributed by atoms with Crippen molar-refractivity contribution in [3.05, 3.63) is 76.8 Å². The Bertz CT molecular complexity index is 1250. The van der Waals surface area contributed by atoms with Gasteiger partial charge in [0.05, 0.1) is 21.5 Å². The van der Waals surface area contributed by atoms with Crippen molar-refractivity contribution in [3.8, 4) is 0 Å². The zero-order chi connectivity index (χ0) is 22.8. The molecule has 1 fully saturated rings. The molecule has 1 saturated carbocycles. The number of amides is 1. The van der Waals surface area contributed by atoms with E-state index in [9.17, 15) is 4.79 Å². The summed E-state index contributed by atoms with van der Waals surface area (Å²) in [5, 5.41) is 1.99. The standard InChI is InChI=1S/C25H24Cl2N4OS/c26-19-9-7-18(8-10-19)25(11-1-2-12-25)23(32)31(15-4-14-30-16-13-28-17-30)24-29-22-20(27)5-3-6-21(22)33-24/h3,5-10,13,16-17H,1-2,4,11-12,14-15H2. The molecule has 0 aliphatic heterocycles. The van der Waals surface area contributed by atoms with Gasteiger partial charge in [0.1, 0.15) is 5.52 Å². The van der Waals surface area contributed by atoms with Crippen molar-refractivity contribution in [3.63, 3.8) is 0 Å². The number of nitrogens with zero attached hydrogens (tertiary/aromatic N) is 4. The Labute approximate surface area is 207 Å². The molecular weight excluding hydrogens is 475 g/mol. The number of carbonyl (C=O) groups excluding carboxylic acids is 1. The normalized spacial score (nSPS) is 15.2. The zero-order valence-corrected chi connectivity index (χ0v) is 20.4. The van der Waals surface area contributed by atoms with Gasteiger partial charge in [0, 0.05) is 30.5 Å². The Kier molecular flexibility index (Phi) is 6.41. The van der Waals surface area contributed by atoms with E-state index in [1.807, 2.05) is 58.1 Å². The maximum Gasteiger partial charge on any atom is 0.239 e. The number of imidazole rings is 1. The van der Waals surface area contributed by atoms with Crippen molar-refractivity contribution in [2.24, 2.45) is 0 Å². The summed E-state index contributed by atoms with van der Waals surface area (Å²) in [7, 11) is 0. The first-order valence-electron chi connectivity index (χ1n) is 11.2. The molecule has 1 aliphatic carbocycles. The van der Waals surface area contributed by atoms with Gasteiger partial charge in [-0.05, 0) is 49.1 Å². The number of aryl methyl sites for hydroxylation is 1. The Morgan fingerprint density at radius 3 is 2.61 bits per heavy atom. The van der Waals surface area contributed by atoms with Crippen LogP contribution in [-0.2, 0) is 16.8 Å². The second kappa shape index (κ2) is 9.45. The van der Waals surface area contributed by atoms with Crippen LogP contribution < -0.4 is 4.90 Å². The SMILES string of the molecule is O=C(N(CCCn1ccnc1)c1nc2c(Cl)cccc2s1)C1(c2ccc(Cl)cc2)CCCC1. The van der Waals surface area contributed by atoms with Crippen molar-refractivity contribution in [1.29, 1.82) is 0 Å². The van der Waals surface area contributed by atoms with Gasteiger partial charge in [-0.3, -0.25) is 9.69 Å². The van der Waals surface area contributed by atoms with Crippen LogP contribution in [0.2, 0.25) is 10.0 Å². The fourth-order valence-electron chi connectivity index (χ4n) is 4.76. The first-order valence-corrected chi connectivity index (χ1v) is 12.7. The first-order chi connectivity index (χ1) is 16.1. The van der Waals surface area contributed by atoms with E-state index in [1.165, 1.54) is 11.3 Å². The minimum Gasteiger partial charge on any atom is -0.337 e. The van der Waals surface area contributed by atoms with Gasteiger partial charge < -0.3 is 4.57 Å². The monoisotopic (exact) mass is 498 g/mol. The number of thiazole rings is 1. The van der Waals surface area contributed by atoms with Gasteiger partial charge >= 0.3 is 0 Å². The number of rotatable bonds is 7. The molecule has 8 heteroatoms. The molecule has 0 bridgehead atoms. The summed E-state index contributed by atoms with van der Waals surface area (Å²) in [5.41, 5.74) is 1.23. The third kappa shape index (κ3) is 4.39. The molecule has 0 N–H and O–H groups in total. The Hall–Kier alpha value is -2.41. The number of aromatic nitrogens is 3. The third-order valence-electron chi connectivity index (χ3n) is 6.46. The van der Waals surface area contributed by atoms with E-state index in [1.54, 1.807) is 12.5 Å². The van der Waals surface area contributed by atoms with Crippen molar-refractivity contribution in [2.75, 3.05) is 11.4 Å². The number of halogens is 2. The lowest BCUT2D eigenvalue weighted by Crippen LogP contribution is -2.46. The van der Waals surface area contributed by atoms with E-state index in [2.05, 4.69) is 4.98 Å². The summed E-state index contributed by atoms with van der Waals surface area (Å²) >= 11 is 14.1. The fourth-order valence-corrected chi connectivity index (χ4v) is 6.18. The van der Waals surface area contributed by atoms with E-state index < -0.39 is 5.41 Å². The highest BCUT2D eigenvalue weighted by Gasteiger charge is 2.45. The topological polar surface area (TPSA) is 51.0 Å². The number of hydrogen-bond acceptors (Lipinski definition) is 4. The second-order valence-electron chi connectivity index (χ2n) is 8.49. The minimum absolute atomic E-state index is 0.114. The molecule has 170 valence electrons. The summed E-state index contributed by atoms with van der Waals surface area (Å²) in [4.78, 5) is 25.1. The second-order valence-corrected chi connectivity index (χ2v) is 10.3. The predicted octanol–water partition coefficient (Wildman–Crippen LogP) is 6.73. The highest BCUT2D eigenvalue weighted by molar-refractivity contribution is 7.22. The molecule has 1 amide bonds. The van der Waals surface area contributed by atoms with Crippen LogP contribution in [0.15, 0.2) is 61.2 Å². The third-order valence-corrected chi connectivity index (χ3v) is 8.06. The van der Waals surface area contributed by atoms with Gasteiger partial charge in [-0.2, -0.15) is 0 Å². The molecule has 0 atom stereocenters. The number of para-hydroxylation sites is 1. The van der Waals surface area contributed by atoms with Gasteiger partial charge in [-0.25, -0.2) is 9.97 Å². The van der Waals surface area contributed by atoms with Gasteiger partial charge in [0.2, 0.25) is 5.91 Å². The summed E-state index contributed by atoms with van der Waals surface area (Å²) in [6.07, 6.45) is 10.0. The van der Waals surface area contributed by atoms with Crippen molar-refractivity contribution < 1.29 is 4.79 Å². The minimum atomic E-state index is -0.554. The van der Waals surface area contributed by atoms with Crippen LogP contribution >= 0.6 is 34.5 Å². The van der Waals surface area contributed by atoms with E-state index in [0.29, 0.717) is 21.7 Å². The zero-order valence-electron chi connectivity index (χ0n) is 18.1. The molecular formula is C25H24Cl2N4OS. The molecule has 0 saturated heterocycles. The van der Waals surface area contributed by atoms with Crippen LogP contribution in [0.25, 0.3) is 10.2 Å². The largest absolute Gasteiger partial charge is 0.337 e. The van der Waals surface area contributed by atoms with Crippen molar-refractivity contribution in [2.45, 2.75) is 44.1 Å². The number of fused-ring (bicyclic) bond motifs is 1. The average Bonchev–Trinajstić information content (AvgIpc) is 3.58. The highest BCUT2D eigenvalue weighted by Crippen LogP contribution is 2.44. The smallest absolute Gasteiger partial charge is 0.239 e. The Morgan fingerprint density at radius 2 is 1.91 bits per heavy atom. The number of anilines is 1. The van der Waals surface area contributed by atoms with Crippen LogP contribution in [0.5, 0.6) is 0 Å². The van der Waals surface area contributed by atoms with E-state index in [0.717, 1.165) is 54.4 Å². The maximum absolute atomic E-state index is 14.3. The molecule has 2 heterocycles. The summed E-state index contributed by atoms with van der Waals surface area (Å²) in [5.74, 6) is 0.114. The fraction of sp³-hybridized carbons (Fsp3) is 0.320. The van der Waals surface area contributed by atoms with E-state index >= 15 is 0 Å². The molecule has 4 aromatic rings. The van der Waals surface area contributed by atoms with Crippen LogP contribution in [0.3, 0.4) is 0 Å². The van der Waals surface area contributed by atoms with Gasteiger partial charge in [0.15, 0.2) is 5.13 Å². The number of hydrogen-bond donors (Lipinski definition) is 0. The molecule has 0 unspecified atom stereocenters. The van der Waals surface area contributed by atoms with Crippen LogP contribution in [0.1, 0.15) is 37.7 Å². The molecule has 33 heavy (non-hydrogen) atoms. The predicted molar refractivity (Wildman–Crippen MR) is 135 cm³/mol. The average molecular weight is 499 g/mol. The lowest BCUT2D eigenvalue weighted by Gasteiger charge is -2.34. The van der Waals surface area contributed by atoms with Crippen LogP contribution in [0.4, 0.5) is 5.13 Å². The number of carbonyl (C=O) groups is 1. The van der Waals surface area contributed by atoms with Gasteiger partial charge in [0.25, 0.3) is 0 Å². The van der Waals surface area contributed by atoms with E-state index in [-0.39, 0.29) is 5.91 Å². The number of benzene rings is 2. The first kappa shape index (κ1) is 22.4. The van der Waals surface area contributed by atoms with Crippen molar-refractivity contribution in [1.82, 2.24) is 14.5 Å². The Morgan fingerprint density at radius 1 is 1.12 bits per heavy atom. The quantitative estimate of drug-likeness (QED) is 0.283. The Balaban J connectivity index is 1.52. The molecule has 5 rings (SSSR count). The summed E-state index contributed by atoms with van der Waals surface area (Å²) < 4.78 is 3.01. The molecule has 2 aromatic carbocycles. The van der Waals surface area contributed by atoms with Crippen LogP contribution in [0, 0.1) is 0 Å². The van der Waals surface area contributed by atoms with Crippen molar-refractivity contribution >= 4 is 55.8 Å². The summed E-state index contributed by atoms with van der Waals surface area (Å²) in [6.45, 7) is 1.35. The van der Waals surface area contributed by atoms with Crippen LogP contribution in [-0.4, -0.2) is 27.0 Å². The molecule has 0 radical (unpaired) electrons. The lowest BCUT2D eigenvalue weighted by molar-refractivity contribution is -0.124. The molecule has 1 aliphatic rings. The lowest BCUT2D eigenvalue weighted by atomic mass is 9.77. The highest BCUT2D eigenvalue weighted by atomic mass is 35.5. The molecule has 5 nitrogen and oxygen atoms in total. The van der Waals surface area contributed by atoms with Gasteiger partial charge in [-0.1, -0.05) is 65.6 Å². The van der Waals surface area contributed by atoms with Gasteiger partial charge in [-0.15, -0.1) is 0 Å². The summed E-state index contributed by atoms with van der Waals surface area (Å²) in [6, 6.07) is 13.5.